The summed E-state index contributed by atoms with van der Waals surface area (Å²) >= 11 is 0. The van der Waals surface area contributed by atoms with Gasteiger partial charge in [0.05, 0.1) is 12.6 Å². The molecule has 0 aromatic heterocycles. The minimum atomic E-state index is -0.00870. The van der Waals surface area contributed by atoms with Crippen molar-refractivity contribution in [2.75, 3.05) is 19.7 Å². The van der Waals surface area contributed by atoms with Crippen LogP contribution in [-0.4, -0.2) is 42.9 Å². The highest BCUT2D eigenvalue weighted by Crippen LogP contribution is 2.17. The van der Waals surface area contributed by atoms with E-state index in [9.17, 15) is 4.79 Å². The van der Waals surface area contributed by atoms with Crippen molar-refractivity contribution < 1.29 is 9.53 Å². The van der Waals surface area contributed by atoms with Crippen LogP contribution in [0.25, 0.3) is 0 Å². The van der Waals surface area contributed by atoms with Crippen LogP contribution in [0.15, 0.2) is 4.99 Å². The van der Waals surface area contributed by atoms with Crippen molar-refractivity contribution >= 4 is 12.3 Å². The Kier molecular flexibility index (Phi) is 2.47. The number of rotatable bonds is 1. The molecule has 0 N–H and O–H groups in total. The number of carbonyl (C=O) groups excluding carboxylic acids is 1. The van der Waals surface area contributed by atoms with Crippen molar-refractivity contribution in [2.45, 2.75) is 25.3 Å². The van der Waals surface area contributed by atoms with Crippen LogP contribution in [0.3, 0.4) is 0 Å². The van der Waals surface area contributed by atoms with E-state index in [1.807, 2.05) is 4.90 Å². The molecular weight excluding hydrogens is 168 g/mol. The van der Waals surface area contributed by atoms with Gasteiger partial charge in [-0.25, -0.2) is 4.99 Å². The Morgan fingerprint density at radius 3 is 3.15 bits per heavy atom. The van der Waals surface area contributed by atoms with E-state index in [2.05, 4.69) is 4.99 Å². The predicted octanol–water partition coefficient (Wildman–Crippen LogP) is 0.426. The zero-order valence-electron chi connectivity index (χ0n) is 7.61. The van der Waals surface area contributed by atoms with Gasteiger partial charge >= 0.3 is 0 Å². The molecule has 0 aromatic carbocycles. The number of nitrogens with zero attached hydrogens (tertiary/aromatic N) is 2. The second-order valence-electron chi connectivity index (χ2n) is 3.41. The second kappa shape index (κ2) is 3.77. The zero-order valence-corrected chi connectivity index (χ0v) is 7.61. The van der Waals surface area contributed by atoms with Gasteiger partial charge in [0.1, 0.15) is 12.9 Å². The normalized spacial score (nSPS) is 28.2. The first kappa shape index (κ1) is 8.53. The van der Waals surface area contributed by atoms with Gasteiger partial charge in [-0.3, -0.25) is 0 Å². The molecule has 0 amide bonds. The van der Waals surface area contributed by atoms with Gasteiger partial charge in [-0.05, 0) is 19.3 Å². The fourth-order valence-electron chi connectivity index (χ4n) is 1.83. The number of aldehydes is 1. The maximum Gasteiger partial charge on any atom is 0.288 e. The lowest BCUT2D eigenvalue weighted by Gasteiger charge is -2.32. The van der Waals surface area contributed by atoms with Crippen LogP contribution in [0.2, 0.25) is 0 Å². The van der Waals surface area contributed by atoms with Gasteiger partial charge in [0.25, 0.3) is 6.02 Å². The summed E-state index contributed by atoms with van der Waals surface area (Å²) in [5, 5.41) is 0. The fraction of sp³-hybridized carbons (Fsp3) is 0.778. The standard InChI is InChI=1S/C9H14N2O2/c12-7-8-3-1-2-5-11(8)9-10-4-6-13-9/h7-8H,1-6H2. The van der Waals surface area contributed by atoms with Crippen molar-refractivity contribution in [1.29, 1.82) is 0 Å². The highest BCUT2D eigenvalue weighted by atomic mass is 16.5. The minimum absolute atomic E-state index is 0.00870. The first-order valence-corrected chi connectivity index (χ1v) is 4.81. The molecule has 2 heterocycles. The molecule has 72 valence electrons. The van der Waals surface area contributed by atoms with Gasteiger partial charge in [0.2, 0.25) is 0 Å². The summed E-state index contributed by atoms with van der Waals surface area (Å²) in [7, 11) is 0. The van der Waals surface area contributed by atoms with E-state index in [4.69, 9.17) is 4.74 Å². The summed E-state index contributed by atoms with van der Waals surface area (Å²) in [5.41, 5.74) is 0. The number of hydrogen-bond acceptors (Lipinski definition) is 4. The van der Waals surface area contributed by atoms with E-state index >= 15 is 0 Å². The Balaban J connectivity index is 2.05. The number of hydrogen-bond donors (Lipinski definition) is 0. The molecule has 0 saturated carbocycles. The van der Waals surface area contributed by atoms with Gasteiger partial charge in [0.15, 0.2) is 0 Å². The van der Waals surface area contributed by atoms with Gasteiger partial charge in [0, 0.05) is 6.54 Å². The largest absolute Gasteiger partial charge is 0.463 e. The number of ether oxygens (including phenoxy) is 1. The van der Waals surface area contributed by atoms with Gasteiger partial charge in [-0.1, -0.05) is 0 Å². The molecule has 0 radical (unpaired) electrons. The number of amidine groups is 1. The molecule has 0 aliphatic carbocycles. The van der Waals surface area contributed by atoms with Crippen molar-refractivity contribution in [3.63, 3.8) is 0 Å². The SMILES string of the molecule is O=CC1CCCCN1C1=NCCO1. The Hall–Kier alpha value is -1.06. The smallest absolute Gasteiger partial charge is 0.288 e. The highest BCUT2D eigenvalue weighted by Gasteiger charge is 2.27. The monoisotopic (exact) mass is 182 g/mol. The van der Waals surface area contributed by atoms with Crippen LogP contribution in [-0.2, 0) is 9.53 Å². The third-order valence-corrected chi connectivity index (χ3v) is 2.52. The summed E-state index contributed by atoms with van der Waals surface area (Å²) in [6, 6.07) is 0.669. The Bertz CT molecular complexity index is 228. The number of piperidine rings is 1. The number of likely N-dealkylation sites (tertiary alicyclic amines) is 1. The quantitative estimate of drug-likeness (QED) is 0.552. The Morgan fingerprint density at radius 2 is 2.46 bits per heavy atom. The lowest BCUT2D eigenvalue weighted by Crippen LogP contribution is -2.44. The first-order chi connectivity index (χ1) is 6.42. The summed E-state index contributed by atoms with van der Waals surface area (Å²) in [4.78, 5) is 17.0. The fourth-order valence-corrected chi connectivity index (χ4v) is 1.83. The van der Waals surface area contributed by atoms with Crippen LogP contribution in [0.5, 0.6) is 0 Å². The molecule has 2 rings (SSSR count). The van der Waals surface area contributed by atoms with Crippen molar-refractivity contribution in [3.8, 4) is 0 Å². The van der Waals surface area contributed by atoms with Gasteiger partial charge < -0.3 is 14.4 Å². The molecule has 1 atom stereocenters. The summed E-state index contributed by atoms with van der Waals surface area (Å²) in [5.74, 6) is 0. The summed E-state index contributed by atoms with van der Waals surface area (Å²) in [6.45, 7) is 2.30. The maximum atomic E-state index is 10.8. The van der Waals surface area contributed by atoms with Crippen LogP contribution >= 0.6 is 0 Å². The van der Waals surface area contributed by atoms with Gasteiger partial charge in [-0.15, -0.1) is 0 Å². The van der Waals surface area contributed by atoms with E-state index in [0.717, 1.165) is 38.6 Å². The molecule has 2 aliphatic heterocycles. The van der Waals surface area contributed by atoms with E-state index in [0.29, 0.717) is 12.6 Å². The van der Waals surface area contributed by atoms with E-state index in [1.54, 1.807) is 0 Å². The molecule has 0 bridgehead atoms. The highest BCUT2D eigenvalue weighted by molar-refractivity contribution is 5.79. The summed E-state index contributed by atoms with van der Waals surface area (Å²) < 4.78 is 5.34. The molecule has 4 heteroatoms. The van der Waals surface area contributed by atoms with Gasteiger partial charge in [-0.2, -0.15) is 0 Å². The molecule has 0 aromatic rings. The van der Waals surface area contributed by atoms with Crippen LogP contribution in [0, 0.1) is 0 Å². The average molecular weight is 182 g/mol. The predicted molar refractivity (Wildman–Crippen MR) is 48.7 cm³/mol. The summed E-state index contributed by atoms with van der Waals surface area (Å²) in [6.07, 6.45) is 4.20. The van der Waals surface area contributed by atoms with Crippen LogP contribution in [0.4, 0.5) is 0 Å². The Morgan fingerprint density at radius 1 is 1.54 bits per heavy atom. The van der Waals surface area contributed by atoms with Crippen molar-refractivity contribution in [1.82, 2.24) is 4.90 Å². The molecule has 1 saturated heterocycles. The Labute approximate surface area is 77.6 Å². The van der Waals surface area contributed by atoms with E-state index in [1.165, 1.54) is 0 Å². The molecule has 2 aliphatic rings. The average Bonchev–Trinajstić information content (AvgIpc) is 2.70. The minimum Gasteiger partial charge on any atom is -0.463 e. The topological polar surface area (TPSA) is 41.9 Å². The van der Waals surface area contributed by atoms with Crippen molar-refractivity contribution in [2.24, 2.45) is 4.99 Å². The third-order valence-electron chi connectivity index (χ3n) is 2.52. The van der Waals surface area contributed by atoms with Crippen LogP contribution in [0.1, 0.15) is 19.3 Å². The molecular formula is C9H14N2O2. The lowest BCUT2D eigenvalue weighted by molar-refractivity contribution is -0.112. The maximum absolute atomic E-state index is 10.8. The van der Waals surface area contributed by atoms with E-state index < -0.39 is 0 Å². The molecule has 4 nitrogen and oxygen atoms in total. The van der Waals surface area contributed by atoms with Crippen molar-refractivity contribution in [3.05, 3.63) is 0 Å². The molecule has 0 spiro atoms. The molecule has 1 unspecified atom stereocenters. The van der Waals surface area contributed by atoms with E-state index in [-0.39, 0.29) is 6.04 Å². The number of aliphatic imine (C=N–C) groups is 1. The first-order valence-electron chi connectivity index (χ1n) is 4.81. The molecule has 1 fully saturated rings. The molecule has 13 heavy (non-hydrogen) atoms. The number of carbonyl (C=O) groups is 1. The third kappa shape index (κ3) is 1.66. The zero-order chi connectivity index (χ0) is 9.10. The second-order valence-corrected chi connectivity index (χ2v) is 3.41. The van der Waals surface area contributed by atoms with Crippen LogP contribution < -0.4 is 0 Å². The lowest BCUT2D eigenvalue weighted by atomic mass is 10.0.